The van der Waals surface area contributed by atoms with E-state index in [4.69, 9.17) is 4.74 Å². The van der Waals surface area contributed by atoms with E-state index in [0.717, 1.165) is 22.1 Å². The maximum Gasteiger partial charge on any atom is 0.119 e. The summed E-state index contributed by atoms with van der Waals surface area (Å²) in [6, 6.07) is 8.24. The lowest BCUT2D eigenvalue weighted by Crippen LogP contribution is -2.06. The summed E-state index contributed by atoms with van der Waals surface area (Å²) in [5.41, 5.74) is 2.21. The average Bonchev–Trinajstić information content (AvgIpc) is 2.69. The molecule has 0 fully saturated rings. The van der Waals surface area contributed by atoms with E-state index >= 15 is 0 Å². The number of methoxy groups -OCH3 is 1. The number of rotatable bonds is 4. The number of aromatic nitrogens is 1. The minimum absolute atomic E-state index is 0.268. The SMILES string of the molecule is COc1ccc(NC(C)c2sc(C)nc2C)cc1. The number of aryl methyl sites for hydroxylation is 2. The standard InChI is InChI=1S/C14H18N2OS/c1-9-14(18-11(3)15-9)10(2)16-12-5-7-13(17-4)8-6-12/h5-8,10,16H,1-4H3. The van der Waals surface area contributed by atoms with Gasteiger partial charge in [-0.15, -0.1) is 11.3 Å². The Morgan fingerprint density at radius 3 is 2.39 bits per heavy atom. The van der Waals surface area contributed by atoms with E-state index < -0.39 is 0 Å². The quantitative estimate of drug-likeness (QED) is 0.906. The summed E-state index contributed by atoms with van der Waals surface area (Å²) in [6.45, 7) is 6.26. The third-order valence-electron chi connectivity index (χ3n) is 2.81. The van der Waals surface area contributed by atoms with Crippen molar-refractivity contribution < 1.29 is 4.74 Å². The van der Waals surface area contributed by atoms with Gasteiger partial charge in [-0.05, 0) is 45.0 Å². The zero-order chi connectivity index (χ0) is 13.1. The predicted molar refractivity (Wildman–Crippen MR) is 76.6 cm³/mol. The molecule has 0 aliphatic heterocycles. The number of hydrogen-bond acceptors (Lipinski definition) is 4. The zero-order valence-electron chi connectivity index (χ0n) is 11.2. The van der Waals surface area contributed by atoms with Gasteiger partial charge in [-0.25, -0.2) is 4.98 Å². The van der Waals surface area contributed by atoms with Crippen LogP contribution in [0.2, 0.25) is 0 Å². The van der Waals surface area contributed by atoms with Gasteiger partial charge in [0, 0.05) is 10.6 Å². The molecule has 0 radical (unpaired) electrons. The number of thiazole rings is 1. The van der Waals surface area contributed by atoms with Gasteiger partial charge in [0.2, 0.25) is 0 Å². The molecule has 0 saturated carbocycles. The van der Waals surface area contributed by atoms with Crippen LogP contribution in [0.15, 0.2) is 24.3 Å². The third kappa shape index (κ3) is 2.82. The summed E-state index contributed by atoms with van der Waals surface area (Å²) >= 11 is 1.75. The second-order valence-corrected chi connectivity index (χ2v) is 5.51. The molecule has 0 saturated heterocycles. The number of benzene rings is 1. The number of nitrogens with one attached hydrogen (secondary N) is 1. The maximum absolute atomic E-state index is 5.15. The molecule has 3 nitrogen and oxygen atoms in total. The first-order chi connectivity index (χ1) is 8.60. The lowest BCUT2D eigenvalue weighted by Gasteiger charge is -2.14. The molecule has 2 aromatic rings. The topological polar surface area (TPSA) is 34.1 Å². The lowest BCUT2D eigenvalue weighted by molar-refractivity contribution is 0.415. The molecule has 0 aliphatic rings. The van der Waals surface area contributed by atoms with Crippen LogP contribution in [0, 0.1) is 13.8 Å². The van der Waals surface area contributed by atoms with E-state index in [1.54, 1.807) is 18.4 Å². The van der Waals surface area contributed by atoms with Crippen molar-refractivity contribution in [2.24, 2.45) is 0 Å². The molecule has 2 rings (SSSR count). The molecular formula is C14H18N2OS. The molecular weight excluding hydrogens is 244 g/mol. The first kappa shape index (κ1) is 12.9. The van der Waals surface area contributed by atoms with Gasteiger partial charge >= 0.3 is 0 Å². The Labute approximate surface area is 112 Å². The number of ether oxygens (including phenoxy) is 1. The summed E-state index contributed by atoms with van der Waals surface area (Å²) in [5, 5.41) is 4.60. The summed E-state index contributed by atoms with van der Waals surface area (Å²) < 4.78 is 5.15. The normalized spacial score (nSPS) is 12.2. The Kier molecular flexibility index (Phi) is 3.87. The van der Waals surface area contributed by atoms with Crippen LogP contribution < -0.4 is 10.1 Å². The van der Waals surface area contributed by atoms with Crippen molar-refractivity contribution in [2.75, 3.05) is 12.4 Å². The smallest absolute Gasteiger partial charge is 0.119 e. The molecule has 0 aliphatic carbocycles. The van der Waals surface area contributed by atoms with E-state index in [0.29, 0.717) is 0 Å². The first-order valence-electron chi connectivity index (χ1n) is 5.94. The van der Waals surface area contributed by atoms with Crippen molar-refractivity contribution in [3.05, 3.63) is 39.8 Å². The monoisotopic (exact) mass is 262 g/mol. The number of nitrogens with zero attached hydrogens (tertiary/aromatic N) is 1. The van der Waals surface area contributed by atoms with Gasteiger partial charge in [0.05, 0.1) is 23.9 Å². The van der Waals surface area contributed by atoms with Gasteiger partial charge in [0.1, 0.15) is 5.75 Å². The Balaban J connectivity index is 2.10. The summed E-state index contributed by atoms with van der Waals surface area (Å²) in [6.07, 6.45) is 0. The number of hydrogen-bond donors (Lipinski definition) is 1. The van der Waals surface area contributed by atoms with Gasteiger partial charge in [0.25, 0.3) is 0 Å². The molecule has 0 amide bonds. The Bertz CT molecular complexity index is 519. The molecule has 96 valence electrons. The van der Waals surface area contributed by atoms with Gasteiger partial charge in [-0.3, -0.25) is 0 Å². The van der Waals surface area contributed by atoms with E-state index in [-0.39, 0.29) is 6.04 Å². The Hall–Kier alpha value is -1.55. The molecule has 0 spiro atoms. The fraction of sp³-hybridized carbons (Fsp3) is 0.357. The van der Waals surface area contributed by atoms with Crippen LogP contribution >= 0.6 is 11.3 Å². The fourth-order valence-corrected chi connectivity index (χ4v) is 2.88. The average molecular weight is 262 g/mol. The van der Waals surface area contributed by atoms with Gasteiger partial charge in [-0.1, -0.05) is 0 Å². The van der Waals surface area contributed by atoms with Gasteiger partial charge < -0.3 is 10.1 Å². The van der Waals surface area contributed by atoms with E-state index in [2.05, 4.69) is 24.1 Å². The molecule has 1 aromatic heterocycles. The van der Waals surface area contributed by atoms with Crippen molar-refractivity contribution in [3.63, 3.8) is 0 Å². The van der Waals surface area contributed by atoms with Gasteiger partial charge in [0.15, 0.2) is 0 Å². The Morgan fingerprint density at radius 1 is 1.22 bits per heavy atom. The van der Waals surface area contributed by atoms with Gasteiger partial charge in [-0.2, -0.15) is 0 Å². The molecule has 0 bridgehead atoms. The van der Waals surface area contributed by atoms with E-state index in [1.807, 2.05) is 31.2 Å². The molecule has 1 atom stereocenters. The van der Waals surface area contributed by atoms with Crippen LogP contribution in [-0.4, -0.2) is 12.1 Å². The van der Waals surface area contributed by atoms with Crippen LogP contribution in [0.1, 0.15) is 28.5 Å². The van der Waals surface area contributed by atoms with Crippen LogP contribution in [0.5, 0.6) is 5.75 Å². The van der Waals surface area contributed by atoms with Crippen molar-refractivity contribution in [3.8, 4) is 5.75 Å². The van der Waals surface area contributed by atoms with Crippen molar-refractivity contribution in [2.45, 2.75) is 26.8 Å². The highest BCUT2D eigenvalue weighted by molar-refractivity contribution is 7.11. The maximum atomic E-state index is 5.15. The summed E-state index contributed by atoms with van der Waals surface area (Å²) in [5.74, 6) is 0.873. The van der Waals surface area contributed by atoms with Crippen LogP contribution in [0.4, 0.5) is 5.69 Å². The highest BCUT2D eigenvalue weighted by Crippen LogP contribution is 2.28. The summed E-state index contributed by atoms with van der Waals surface area (Å²) in [4.78, 5) is 5.75. The molecule has 1 N–H and O–H groups in total. The Morgan fingerprint density at radius 2 is 1.89 bits per heavy atom. The van der Waals surface area contributed by atoms with Crippen LogP contribution in [-0.2, 0) is 0 Å². The molecule has 1 aromatic carbocycles. The lowest BCUT2D eigenvalue weighted by atomic mass is 10.2. The van der Waals surface area contributed by atoms with E-state index in [9.17, 15) is 0 Å². The highest BCUT2D eigenvalue weighted by Gasteiger charge is 2.12. The van der Waals surface area contributed by atoms with Crippen molar-refractivity contribution >= 4 is 17.0 Å². The van der Waals surface area contributed by atoms with E-state index in [1.165, 1.54) is 4.88 Å². The molecule has 1 unspecified atom stereocenters. The fourth-order valence-electron chi connectivity index (χ4n) is 1.95. The zero-order valence-corrected chi connectivity index (χ0v) is 12.0. The molecule has 18 heavy (non-hydrogen) atoms. The first-order valence-corrected chi connectivity index (χ1v) is 6.76. The molecule has 4 heteroatoms. The number of anilines is 1. The summed E-state index contributed by atoms with van der Waals surface area (Å²) in [7, 11) is 1.68. The minimum Gasteiger partial charge on any atom is -0.497 e. The van der Waals surface area contributed by atoms with Crippen molar-refractivity contribution in [1.29, 1.82) is 0 Å². The second kappa shape index (κ2) is 5.40. The van der Waals surface area contributed by atoms with Crippen LogP contribution in [0.25, 0.3) is 0 Å². The molecule has 1 heterocycles. The second-order valence-electron chi connectivity index (χ2n) is 4.28. The van der Waals surface area contributed by atoms with Crippen molar-refractivity contribution in [1.82, 2.24) is 4.98 Å². The highest BCUT2D eigenvalue weighted by atomic mass is 32.1. The minimum atomic E-state index is 0.268. The third-order valence-corrected chi connectivity index (χ3v) is 4.06. The largest absolute Gasteiger partial charge is 0.497 e. The predicted octanol–water partition coefficient (Wildman–Crippen LogP) is 3.94. The van der Waals surface area contributed by atoms with Crippen LogP contribution in [0.3, 0.4) is 0 Å².